The van der Waals surface area contributed by atoms with E-state index in [1.54, 1.807) is 0 Å². The highest BCUT2D eigenvalue weighted by Crippen LogP contribution is 2.11. The fourth-order valence-electron chi connectivity index (χ4n) is 1.33. The van der Waals surface area contributed by atoms with Crippen LogP contribution < -0.4 is 10.5 Å². The first-order valence-corrected chi connectivity index (χ1v) is 5.88. The molecule has 0 saturated heterocycles. The van der Waals surface area contributed by atoms with Gasteiger partial charge in [0.05, 0.1) is 26.4 Å². The van der Waals surface area contributed by atoms with Crippen molar-refractivity contribution in [2.45, 2.75) is 6.92 Å². The minimum absolute atomic E-state index is 0.552. The molecule has 0 fully saturated rings. The molecule has 0 radical (unpaired) electrons. The van der Waals surface area contributed by atoms with Crippen LogP contribution >= 0.6 is 0 Å². The van der Waals surface area contributed by atoms with Crippen LogP contribution in [-0.2, 0) is 9.47 Å². The Bertz CT molecular complexity index is 304. The van der Waals surface area contributed by atoms with Gasteiger partial charge in [-0.2, -0.15) is 0 Å². The van der Waals surface area contributed by atoms with Gasteiger partial charge in [-0.05, 0) is 24.6 Å². The maximum Gasteiger partial charge on any atom is 0.119 e. The number of hydrogen-bond acceptors (Lipinski definition) is 4. The number of nitrogens with two attached hydrogens (primary N) is 1. The lowest BCUT2D eigenvalue weighted by molar-refractivity contribution is 0.0388. The molecule has 0 aliphatic rings. The number of aryl methyl sites for hydroxylation is 1. The quantitative estimate of drug-likeness (QED) is 0.661. The van der Waals surface area contributed by atoms with Crippen molar-refractivity contribution in [3.63, 3.8) is 0 Å². The minimum atomic E-state index is 0.552. The van der Waals surface area contributed by atoms with Crippen LogP contribution in [0.2, 0.25) is 0 Å². The number of rotatable bonds is 9. The van der Waals surface area contributed by atoms with E-state index >= 15 is 0 Å². The maximum atomic E-state index is 5.53. The van der Waals surface area contributed by atoms with Gasteiger partial charge in [-0.25, -0.2) is 0 Å². The molecule has 1 aromatic carbocycles. The second-order valence-corrected chi connectivity index (χ2v) is 3.68. The first kappa shape index (κ1) is 14.0. The smallest absolute Gasteiger partial charge is 0.119 e. The Morgan fingerprint density at radius 2 is 1.71 bits per heavy atom. The summed E-state index contributed by atoms with van der Waals surface area (Å²) < 4.78 is 16.0. The summed E-state index contributed by atoms with van der Waals surface area (Å²) in [4.78, 5) is 0. The van der Waals surface area contributed by atoms with Crippen molar-refractivity contribution >= 4 is 0 Å². The second kappa shape index (κ2) is 8.98. The zero-order chi connectivity index (χ0) is 12.3. The molecule has 0 saturated carbocycles. The van der Waals surface area contributed by atoms with E-state index in [2.05, 4.69) is 0 Å². The molecule has 0 spiro atoms. The molecule has 0 unspecified atom stereocenters. The normalized spacial score (nSPS) is 10.5. The molecule has 0 atom stereocenters. The summed E-state index contributed by atoms with van der Waals surface area (Å²) >= 11 is 0. The molecule has 4 heteroatoms. The van der Waals surface area contributed by atoms with Crippen molar-refractivity contribution in [1.82, 2.24) is 0 Å². The van der Waals surface area contributed by atoms with Gasteiger partial charge in [0.15, 0.2) is 0 Å². The largest absolute Gasteiger partial charge is 0.491 e. The van der Waals surface area contributed by atoms with E-state index in [4.69, 9.17) is 19.9 Å². The summed E-state index contributed by atoms with van der Waals surface area (Å²) in [5.41, 5.74) is 6.47. The third-order valence-corrected chi connectivity index (χ3v) is 2.12. The third-order valence-electron chi connectivity index (χ3n) is 2.12. The first-order chi connectivity index (χ1) is 8.33. The Hall–Kier alpha value is -1.10. The van der Waals surface area contributed by atoms with Crippen LogP contribution in [-0.4, -0.2) is 39.6 Å². The molecule has 0 aromatic heterocycles. The van der Waals surface area contributed by atoms with E-state index in [1.807, 2.05) is 31.2 Å². The zero-order valence-corrected chi connectivity index (χ0v) is 10.4. The number of benzene rings is 1. The molecule has 0 aliphatic heterocycles. The minimum Gasteiger partial charge on any atom is -0.491 e. The lowest BCUT2D eigenvalue weighted by Crippen LogP contribution is -2.14. The van der Waals surface area contributed by atoms with E-state index in [9.17, 15) is 0 Å². The highest BCUT2D eigenvalue weighted by Gasteiger charge is 1.94. The van der Waals surface area contributed by atoms with Crippen molar-refractivity contribution in [2.75, 3.05) is 39.6 Å². The Morgan fingerprint density at radius 1 is 1.00 bits per heavy atom. The molecule has 0 aliphatic carbocycles. The summed E-state index contributed by atoms with van der Waals surface area (Å²) in [6, 6.07) is 7.96. The SMILES string of the molecule is Cc1cccc(OCCOCCOCCN)c1. The molecule has 0 heterocycles. The van der Waals surface area contributed by atoms with E-state index in [0.717, 1.165) is 5.75 Å². The van der Waals surface area contributed by atoms with Crippen LogP contribution in [0.1, 0.15) is 5.56 Å². The predicted octanol–water partition coefficient (Wildman–Crippen LogP) is 1.37. The highest BCUT2D eigenvalue weighted by molar-refractivity contribution is 5.27. The molecule has 4 nitrogen and oxygen atoms in total. The second-order valence-electron chi connectivity index (χ2n) is 3.68. The van der Waals surface area contributed by atoms with Crippen molar-refractivity contribution < 1.29 is 14.2 Å². The van der Waals surface area contributed by atoms with Gasteiger partial charge in [0.25, 0.3) is 0 Å². The fourth-order valence-corrected chi connectivity index (χ4v) is 1.33. The molecule has 2 N–H and O–H groups in total. The lowest BCUT2D eigenvalue weighted by atomic mass is 10.2. The number of hydrogen-bond donors (Lipinski definition) is 1. The lowest BCUT2D eigenvalue weighted by Gasteiger charge is -2.07. The van der Waals surface area contributed by atoms with Crippen LogP contribution in [0.25, 0.3) is 0 Å². The van der Waals surface area contributed by atoms with Gasteiger partial charge >= 0.3 is 0 Å². The van der Waals surface area contributed by atoms with Crippen LogP contribution in [0, 0.1) is 6.92 Å². The monoisotopic (exact) mass is 239 g/mol. The van der Waals surface area contributed by atoms with E-state index < -0.39 is 0 Å². The molecule has 0 amide bonds. The molecular weight excluding hydrogens is 218 g/mol. The Labute approximate surface area is 103 Å². The molecule has 1 aromatic rings. The standard InChI is InChI=1S/C13H21NO3/c1-12-3-2-4-13(11-12)17-10-9-16-8-7-15-6-5-14/h2-4,11H,5-10,14H2,1H3. The molecular formula is C13H21NO3. The Kier molecular flexibility index (Phi) is 7.38. The first-order valence-electron chi connectivity index (χ1n) is 5.88. The maximum absolute atomic E-state index is 5.53. The molecule has 1 rings (SSSR count). The van der Waals surface area contributed by atoms with E-state index in [1.165, 1.54) is 5.56 Å². The van der Waals surface area contributed by atoms with Crippen LogP contribution in [0.3, 0.4) is 0 Å². The van der Waals surface area contributed by atoms with Gasteiger partial charge in [0, 0.05) is 6.54 Å². The summed E-state index contributed by atoms with van der Waals surface area (Å²) in [6.07, 6.45) is 0. The van der Waals surface area contributed by atoms with E-state index in [-0.39, 0.29) is 0 Å². The van der Waals surface area contributed by atoms with Crippen molar-refractivity contribution in [2.24, 2.45) is 5.73 Å². The van der Waals surface area contributed by atoms with Crippen molar-refractivity contribution in [3.8, 4) is 5.75 Å². The Morgan fingerprint density at radius 3 is 2.41 bits per heavy atom. The van der Waals surface area contributed by atoms with Crippen LogP contribution in [0.5, 0.6) is 5.75 Å². The highest BCUT2D eigenvalue weighted by atomic mass is 16.5. The average molecular weight is 239 g/mol. The van der Waals surface area contributed by atoms with Gasteiger partial charge in [-0.15, -0.1) is 0 Å². The Balaban J connectivity index is 1.97. The summed E-state index contributed by atoms with van der Waals surface area (Å²) in [7, 11) is 0. The predicted molar refractivity (Wildman–Crippen MR) is 67.4 cm³/mol. The summed E-state index contributed by atoms with van der Waals surface area (Å²) in [5, 5.41) is 0. The molecule has 0 bridgehead atoms. The van der Waals surface area contributed by atoms with Crippen molar-refractivity contribution in [3.05, 3.63) is 29.8 Å². The fraction of sp³-hybridized carbons (Fsp3) is 0.538. The molecule has 17 heavy (non-hydrogen) atoms. The zero-order valence-electron chi connectivity index (χ0n) is 10.4. The van der Waals surface area contributed by atoms with Gasteiger partial charge in [-0.3, -0.25) is 0 Å². The van der Waals surface area contributed by atoms with Crippen LogP contribution in [0.15, 0.2) is 24.3 Å². The average Bonchev–Trinajstić information content (AvgIpc) is 2.33. The summed E-state index contributed by atoms with van der Waals surface area (Å²) in [5.74, 6) is 0.882. The summed E-state index contributed by atoms with van der Waals surface area (Å²) in [6.45, 7) is 5.47. The van der Waals surface area contributed by atoms with Gasteiger partial charge in [0.1, 0.15) is 12.4 Å². The number of ether oxygens (including phenoxy) is 3. The third kappa shape index (κ3) is 6.94. The van der Waals surface area contributed by atoms with Crippen molar-refractivity contribution in [1.29, 1.82) is 0 Å². The van der Waals surface area contributed by atoms with E-state index in [0.29, 0.717) is 39.6 Å². The van der Waals surface area contributed by atoms with Gasteiger partial charge < -0.3 is 19.9 Å². The molecule has 96 valence electrons. The van der Waals surface area contributed by atoms with Crippen LogP contribution in [0.4, 0.5) is 0 Å². The topological polar surface area (TPSA) is 53.7 Å². The van der Waals surface area contributed by atoms with Gasteiger partial charge in [-0.1, -0.05) is 12.1 Å². The van der Waals surface area contributed by atoms with Gasteiger partial charge in [0.2, 0.25) is 0 Å².